The van der Waals surface area contributed by atoms with Crippen molar-refractivity contribution < 1.29 is 5.11 Å². The molecule has 1 atom stereocenters. The fraction of sp³-hybridized carbons (Fsp3) is 0.333. The van der Waals surface area contributed by atoms with Gasteiger partial charge < -0.3 is 5.11 Å². The molecule has 0 amide bonds. The molecule has 2 aromatic rings. The lowest BCUT2D eigenvalue weighted by atomic mass is 9.87. The predicted octanol–water partition coefficient (Wildman–Crippen LogP) is 3.41. The summed E-state index contributed by atoms with van der Waals surface area (Å²) < 4.78 is 0. The highest BCUT2D eigenvalue weighted by molar-refractivity contribution is 5.44. The molecule has 1 saturated heterocycles. The van der Waals surface area contributed by atoms with E-state index in [2.05, 4.69) is 23.7 Å². The Morgan fingerprint density at radius 3 is 2.09 bits per heavy atom. The van der Waals surface area contributed by atoms with Crippen LogP contribution in [0, 0.1) is 11.8 Å². The Kier molecular flexibility index (Phi) is 4.81. The number of hydrogen-bond donors (Lipinski definition) is 1. The van der Waals surface area contributed by atoms with Crippen LogP contribution in [0.4, 0.5) is 0 Å². The summed E-state index contributed by atoms with van der Waals surface area (Å²) in [6, 6.07) is 20.0. The molecule has 1 N–H and O–H groups in total. The van der Waals surface area contributed by atoms with Crippen molar-refractivity contribution in [3.05, 3.63) is 71.8 Å². The maximum Gasteiger partial charge on any atom is 0.176 e. The molecule has 2 heteroatoms. The van der Waals surface area contributed by atoms with Crippen molar-refractivity contribution in [2.45, 2.75) is 31.4 Å². The molecule has 1 aliphatic heterocycles. The number of aliphatic hydroxyl groups is 1. The summed E-state index contributed by atoms with van der Waals surface area (Å²) in [5, 5.41) is 11.3. The largest absolute Gasteiger partial charge is 0.369 e. The summed E-state index contributed by atoms with van der Waals surface area (Å²) in [6.07, 6.45) is 2.48. The van der Waals surface area contributed by atoms with Gasteiger partial charge in [0.05, 0.1) is 6.54 Å². The van der Waals surface area contributed by atoms with Crippen molar-refractivity contribution in [3.63, 3.8) is 0 Å². The Labute approximate surface area is 138 Å². The van der Waals surface area contributed by atoms with E-state index in [0.29, 0.717) is 12.6 Å². The predicted molar refractivity (Wildman–Crippen MR) is 93.9 cm³/mol. The minimum Gasteiger partial charge on any atom is -0.369 e. The molecule has 0 radical (unpaired) electrons. The third kappa shape index (κ3) is 3.47. The van der Waals surface area contributed by atoms with E-state index >= 15 is 0 Å². The summed E-state index contributed by atoms with van der Waals surface area (Å²) >= 11 is 0. The van der Waals surface area contributed by atoms with Gasteiger partial charge in [0.2, 0.25) is 0 Å². The molecular weight excluding hydrogens is 282 g/mol. The van der Waals surface area contributed by atoms with Gasteiger partial charge in [0.25, 0.3) is 0 Å². The van der Waals surface area contributed by atoms with Gasteiger partial charge in [0.1, 0.15) is 0 Å². The third-order valence-electron chi connectivity index (χ3n) is 4.63. The van der Waals surface area contributed by atoms with Crippen LogP contribution in [0.1, 0.15) is 30.9 Å². The van der Waals surface area contributed by atoms with Crippen LogP contribution in [0.5, 0.6) is 0 Å². The quantitative estimate of drug-likeness (QED) is 0.879. The number of rotatable bonds is 3. The van der Waals surface area contributed by atoms with Crippen LogP contribution in [-0.4, -0.2) is 29.1 Å². The molecule has 2 aromatic carbocycles. The molecule has 0 spiro atoms. The van der Waals surface area contributed by atoms with Crippen LogP contribution in [-0.2, 0) is 5.60 Å². The van der Waals surface area contributed by atoms with Crippen LogP contribution in [0.15, 0.2) is 60.7 Å². The number of hydrogen-bond acceptors (Lipinski definition) is 2. The standard InChI is InChI=1S/C21H23NO/c1-18-10-8-16-22(18)17-9-15-21(23,19-11-4-2-5-12-19)20-13-6-3-7-14-20/h2-7,11-14,18,23H,8,10,16-17H2,1H3. The van der Waals surface area contributed by atoms with Gasteiger partial charge >= 0.3 is 0 Å². The Bertz CT molecular complexity index is 645. The first-order valence-electron chi connectivity index (χ1n) is 8.27. The van der Waals surface area contributed by atoms with E-state index in [-0.39, 0.29) is 0 Å². The lowest BCUT2D eigenvalue weighted by Gasteiger charge is -2.24. The molecule has 1 fully saturated rings. The van der Waals surface area contributed by atoms with E-state index < -0.39 is 5.60 Å². The van der Waals surface area contributed by atoms with Crippen molar-refractivity contribution in [1.82, 2.24) is 4.90 Å². The summed E-state index contributed by atoms with van der Waals surface area (Å²) in [5.41, 5.74) is 0.368. The van der Waals surface area contributed by atoms with E-state index in [9.17, 15) is 5.11 Å². The van der Waals surface area contributed by atoms with E-state index in [0.717, 1.165) is 17.7 Å². The lowest BCUT2D eigenvalue weighted by Crippen LogP contribution is -2.28. The highest BCUT2D eigenvalue weighted by atomic mass is 16.3. The van der Waals surface area contributed by atoms with Gasteiger partial charge in [0.15, 0.2) is 5.60 Å². The average Bonchev–Trinajstić information content (AvgIpc) is 3.01. The monoisotopic (exact) mass is 305 g/mol. The highest BCUT2D eigenvalue weighted by Gasteiger charge is 2.29. The minimum atomic E-state index is -1.26. The zero-order valence-corrected chi connectivity index (χ0v) is 13.6. The average molecular weight is 305 g/mol. The van der Waals surface area contributed by atoms with Crippen LogP contribution in [0.3, 0.4) is 0 Å². The van der Waals surface area contributed by atoms with Crippen molar-refractivity contribution >= 4 is 0 Å². The molecule has 2 nitrogen and oxygen atoms in total. The second-order valence-corrected chi connectivity index (χ2v) is 6.21. The van der Waals surface area contributed by atoms with E-state index in [1.165, 1.54) is 12.8 Å². The second kappa shape index (κ2) is 7.00. The molecule has 23 heavy (non-hydrogen) atoms. The zero-order valence-electron chi connectivity index (χ0n) is 13.6. The van der Waals surface area contributed by atoms with Crippen LogP contribution in [0.25, 0.3) is 0 Å². The number of benzene rings is 2. The smallest absolute Gasteiger partial charge is 0.176 e. The van der Waals surface area contributed by atoms with Crippen molar-refractivity contribution in [3.8, 4) is 11.8 Å². The van der Waals surface area contributed by atoms with Gasteiger partial charge in [0, 0.05) is 17.2 Å². The molecule has 1 aliphatic rings. The molecular formula is C21H23NO. The van der Waals surface area contributed by atoms with Crippen molar-refractivity contribution in [2.24, 2.45) is 0 Å². The van der Waals surface area contributed by atoms with Crippen LogP contribution in [0.2, 0.25) is 0 Å². The summed E-state index contributed by atoms with van der Waals surface area (Å²) in [5.74, 6) is 6.36. The van der Waals surface area contributed by atoms with Gasteiger partial charge in [-0.05, 0) is 26.3 Å². The van der Waals surface area contributed by atoms with Gasteiger partial charge in [-0.1, -0.05) is 72.5 Å². The molecule has 118 valence electrons. The van der Waals surface area contributed by atoms with Gasteiger partial charge in [-0.15, -0.1) is 0 Å². The fourth-order valence-electron chi connectivity index (χ4n) is 3.17. The summed E-state index contributed by atoms with van der Waals surface area (Å²) in [6.45, 7) is 4.06. The van der Waals surface area contributed by atoms with Gasteiger partial charge in [-0.3, -0.25) is 4.90 Å². The maximum atomic E-state index is 11.3. The van der Waals surface area contributed by atoms with Crippen molar-refractivity contribution in [2.75, 3.05) is 13.1 Å². The summed E-state index contributed by atoms with van der Waals surface area (Å²) in [7, 11) is 0. The topological polar surface area (TPSA) is 23.5 Å². The molecule has 0 saturated carbocycles. The first-order chi connectivity index (χ1) is 11.2. The minimum absolute atomic E-state index is 0.589. The lowest BCUT2D eigenvalue weighted by molar-refractivity contribution is 0.145. The zero-order chi connectivity index (χ0) is 16.1. The Hall–Kier alpha value is -2.08. The molecule has 1 heterocycles. The molecule has 0 aromatic heterocycles. The Morgan fingerprint density at radius 1 is 1.04 bits per heavy atom. The van der Waals surface area contributed by atoms with Gasteiger partial charge in [-0.25, -0.2) is 0 Å². The number of likely N-dealkylation sites (tertiary alicyclic amines) is 1. The molecule has 0 aliphatic carbocycles. The van der Waals surface area contributed by atoms with E-state index in [1.54, 1.807) is 0 Å². The Morgan fingerprint density at radius 2 is 1.61 bits per heavy atom. The van der Waals surface area contributed by atoms with Gasteiger partial charge in [-0.2, -0.15) is 0 Å². The molecule has 3 rings (SSSR count). The SMILES string of the molecule is CC1CCCN1CC#CC(O)(c1ccccc1)c1ccccc1. The molecule has 0 bridgehead atoms. The Balaban J connectivity index is 1.91. The van der Waals surface area contributed by atoms with E-state index in [4.69, 9.17) is 0 Å². The van der Waals surface area contributed by atoms with Crippen LogP contribution < -0.4 is 0 Å². The normalized spacial score (nSPS) is 18.4. The van der Waals surface area contributed by atoms with Crippen LogP contribution >= 0.6 is 0 Å². The number of nitrogens with zero attached hydrogens (tertiary/aromatic N) is 1. The summed E-state index contributed by atoms with van der Waals surface area (Å²) in [4.78, 5) is 2.38. The highest BCUT2D eigenvalue weighted by Crippen LogP contribution is 2.28. The maximum absolute atomic E-state index is 11.3. The fourth-order valence-corrected chi connectivity index (χ4v) is 3.17. The first-order valence-corrected chi connectivity index (χ1v) is 8.27. The third-order valence-corrected chi connectivity index (χ3v) is 4.63. The van der Waals surface area contributed by atoms with Crippen molar-refractivity contribution in [1.29, 1.82) is 0 Å². The van der Waals surface area contributed by atoms with E-state index in [1.807, 2.05) is 60.7 Å². The second-order valence-electron chi connectivity index (χ2n) is 6.21. The first kappa shape index (κ1) is 15.8. The molecule has 1 unspecified atom stereocenters.